The Morgan fingerprint density at radius 3 is 2.55 bits per heavy atom. The van der Waals surface area contributed by atoms with Crippen molar-refractivity contribution in [2.75, 3.05) is 31.9 Å². The predicted molar refractivity (Wildman–Crippen MR) is 80.8 cm³/mol. The van der Waals surface area contributed by atoms with Crippen LogP contribution in [0.1, 0.15) is 38.5 Å². The summed E-state index contributed by atoms with van der Waals surface area (Å²) in [6.45, 7) is 2.06. The molecule has 1 amide bonds. The van der Waals surface area contributed by atoms with Crippen LogP contribution < -0.4 is 0 Å². The molecule has 0 aromatic heterocycles. The van der Waals surface area contributed by atoms with Gasteiger partial charge in [-0.25, -0.2) is 12.7 Å². The van der Waals surface area contributed by atoms with E-state index in [0.29, 0.717) is 32.5 Å². The molecule has 1 atom stereocenters. The smallest absolute Gasteiger partial charge is 0.303 e. The number of carbonyl (C=O) groups excluding carboxylic acids is 1. The van der Waals surface area contributed by atoms with Gasteiger partial charge in [-0.3, -0.25) is 9.59 Å². The number of carbonyl (C=O) groups is 2. The van der Waals surface area contributed by atoms with Crippen molar-refractivity contribution in [3.8, 4) is 0 Å². The van der Waals surface area contributed by atoms with E-state index < -0.39 is 16.0 Å². The number of aliphatic carboxylic acids is 1. The molecule has 1 N–H and O–H groups in total. The SMILES string of the molecule is O=C(O)CCC1CCCN(C(=O)CCN2CCCS2(=O)=O)C1. The topological polar surface area (TPSA) is 95.0 Å². The molecule has 22 heavy (non-hydrogen) atoms. The monoisotopic (exact) mass is 332 g/mol. The fourth-order valence-electron chi connectivity index (χ4n) is 3.18. The molecule has 2 saturated heterocycles. The number of nitrogens with zero attached hydrogens (tertiary/aromatic N) is 2. The Morgan fingerprint density at radius 1 is 1.14 bits per heavy atom. The van der Waals surface area contributed by atoms with Gasteiger partial charge in [-0.2, -0.15) is 0 Å². The van der Waals surface area contributed by atoms with Crippen molar-refractivity contribution in [3.63, 3.8) is 0 Å². The van der Waals surface area contributed by atoms with E-state index in [1.165, 1.54) is 4.31 Å². The lowest BCUT2D eigenvalue weighted by molar-refractivity contribution is -0.137. The second-order valence-corrected chi connectivity index (χ2v) is 8.19. The molecule has 0 radical (unpaired) electrons. The number of hydrogen-bond donors (Lipinski definition) is 1. The molecular formula is C14H24N2O5S. The van der Waals surface area contributed by atoms with Crippen molar-refractivity contribution in [1.82, 2.24) is 9.21 Å². The Morgan fingerprint density at radius 2 is 1.91 bits per heavy atom. The Bertz CT molecular complexity index is 519. The number of carboxylic acids is 1. The second kappa shape index (κ2) is 7.41. The number of piperidine rings is 1. The van der Waals surface area contributed by atoms with Gasteiger partial charge in [0.25, 0.3) is 0 Å². The summed E-state index contributed by atoms with van der Waals surface area (Å²) in [4.78, 5) is 24.6. The highest BCUT2D eigenvalue weighted by atomic mass is 32.2. The van der Waals surface area contributed by atoms with E-state index in [1.807, 2.05) is 0 Å². The van der Waals surface area contributed by atoms with Gasteiger partial charge in [0.05, 0.1) is 5.75 Å². The summed E-state index contributed by atoms with van der Waals surface area (Å²) < 4.78 is 24.8. The first-order valence-corrected chi connectivity index (χ1v) is 9.47. The maximum Gasteiger partial charge on any atom is 0.303 e. The van der Waals surface area contributed by atoms with Crippen LogP contribution >= 0.6 is 0 Å². The lowest BCUT2D eigenvalue weighted by Crippen LogP contribution is -2.41. The zero-order valence-corrected chi connectivity index (χ0v) is 13.6. The largest absolute Gasteiger partial charge is 0.481 e. The highest BCUT2D eigenvalue weighted by Gasteiger charge is 2.29. The van der Waals surface area contributed by atoms with Gasteiger partial charge in [-0.15, -0.1) is 0 Å². The fourth-order valence-corrected chi connectivity index (χ4v) is 4.70. The van der Waals surface area contributed by atoms with Crippen molar-refractivity contribution in [3.05, 3.63) is 0 Å². The summed E-state index contributed by atoms with van der Waals surface area (Å²) in [6.07, 6.45) is 3.43. The van der Waals surface area contributed by atoms with E-state index in [1.54, 1.807) is 4.90 Å². The molecule has 0 aliphatic carbocycles. The lowest BCUT2D eigenvalue weighted by atomic mass is 9.93. The Labute approximate surface area is 131 Å². The van der Waals surface area contributed by atoms with E-state index >= 15 is 0 Å². The summed E-state index contributed by atoms with van der Waals surface area (Å²) in [5.74, 6) is -0.406. The van der Waals surface area contributed by atoms with Crippen molar-refractivity contribution >= 4 is 21.9 Å². The minimum absolute atomic E-state index is 0.0258. The van der Waals surface area contributed by atoms with Gasteiger partial charge >= 0.3 is 5.97 Å². The standard InChI is InChI=1S/C14H24N2O5S/c17-13(6-9-16-8-2-10-22(16,20)21)15-7-1-3-12(11-15)4-5-14(18)19/h12H,1-11H2,(H,18,19). The van der Waals surface area contributed by atoms with Crippen LogP contribution in [0.15, 0.2) is 0 Å². The van der Waals surface area contributed by atoms with E-state index in [0.717, 1.165) is 12.8 Å². The second-order valence-electron chi connectivity index (χ2n) is 6.10. The van der Waals surface area contributed by atoms with Crippen LogP contribution in [-0.4, -0.2) is 66.5 Å². The van der Waals surface area contributed by atoms with Crippen LogP contribution in [0.4, 0.5) is 0 Å². The molecule has 7 nitrogen and oxygen atoms in total. The molecule has 2 fully saturated rings. The van der Waals surface area contributed by atoms with Crippen LogP contribution in [0.3, 0.4) is 0 Å². The van der Waals surface area contributed by atoms with Gasteiger partial charge in [0.2, 0.25) is 15.9 Å². The molecule has 2 aliphatic rings. The molecule has 1 unspecified atom stereocenters. The van der Waals surface area contributed by atoms with Gasteiger partial charge in [-0.1, -0.05) is 0 Å². The van der Waals surface area contributed by atoms with Gasteiger partial charge < -0.3 is 10.0 Å². The average molecular weight is 332 g/mol. The molecule has 0 spiro atoms. The predicted octanol–water partition coefficient (Wildman–Crippen LogP) is 0.515. The fraction of sp³-hybridized carbons (Fsp3) is 0.857. The third kappa shape index (κ3) is 4.67. The molecule has 2 rings (SSSR count). The van der Waals surface area contributed by atoms with Crippen molar-refractivity contribution in [2.24, 2.45) is 5.92 Å². The van der Waals surface area contributed by atoms with Gasteiger partial charge in [0, 0.05) is 39.0 Å². The zero-order chi connectivity index (χ0) is 16.2. The number of sulfonamides is 1. The number of carboxylic acid groups (broad SMARTS) is 1. The summed E-state index contributed by atoms with van der Waals surface area (Å²) in [5.41, 5.74) is 0. The molecule has 2 aliphatic heterocycles. The maximum absolute atomic E-state index is 12.2. The number of amides is 1. The molecule has 0 aromatic rings. The van der Waals surface area contributed by atoms with Crippen LogP contribution in [0, 0.1) is 5.92 Å². The minimum Gasteiger partial charge on any atom is -0.481 e. The highest BCUT2D eigenvalue weighted by molar-refractivity contribution is 7.89. The average Bonchev–Trinajstić information content (AvgIpc) is 2.81. The summed E-state index contributed by atoms with van der Waals surface area (Å²) >= 11 is 0. The van der Waals surface area contributed by atoms with E-state index in [9.17, 15) is 18.0 Å². The first-order chi connectivity index (χ1) is 10.4. The van der Waals surface area contributed by atoms with E-state index in [-0.39, 0.29) is 37.0 Å². The van der Waals surface area contributed by atoms with Crippen LogP contribution in [0.5, 0.6) is 0 Å². The summed E-state index contributed by atoms with van der Waals surface area (Å²) in [6, 6.07) is 0. The number of likely N-dealkylation sites (tertiary alicyclic amines) is 1. The Kier molecular flexibility index (Phi) is 5.80. The highest BCUT2D eigenvalue weighted by Crippen LogP contribution is 2.22. The van der Waals surface area contributed by atoms with Crippen LogP contribution in [0.25, 0.3) is 0 Å². The summed E-state index contributed by atoms with van der Waals surface area (Å²) in [5, 5.41) is 8.73. The first-order valence-electron chi connectivity index (χ1n) is 7.86. The molecular weight excluding hydrogens is 308 g/mol. The molecule has 8 heteroatoms. The molecule has 0 aromatic carbocycles. The first kappa shape index (κ1) is 17.2. The number of hydrogen-bond acceptors (Lipinski definition) is 4. The third-order valence-corrected chi connectivity index (χ3v) is 6.37. The van der Waals surface area contributed by atoms with Crippen LogP contribution in [-0.2, 0) is 19.6 Å². The van der Waals surface area contributed by atoms with E-state index in [2.05, 4.69) is 0 Å². The zero-order valence-electron chi connectivity index (χ0n) is 12.7. The Hall–Kier alpha value is -1.15. The number of rotatable bonds is 6. The van der Waals surface area contributed by atoms with E-state index in [4.69, 9.17) is 5.11 Å². The van der Waals surface area contributed by atoms with Crippen molar-refractivity contribution in [1.29, 1.82) is 0 Å². The van der Waals surface area contributed by atoms with Crippen molar-refractivity contribution in [2.45, 2.75) is 38.5 Å². The van der Waals surface area contributed by atoms with Gasteiger partial charge in [0.15, 0.2) is 0 Å². The molecule has 0 saturated carbocycles. The van der Waals surface area contributed by atoms with Gasteiger partial charge in [0.1, 0.15) is 0 Å². The van der Waals surface area contributed by atoms with Gasteiger partial charge in [-0.05, 0) is 31.6 Å². The lowest BCUT2D eigenvalue weighted by Gasteiger charge is -2.33. The third-order valence-electron chi connectivity index (χ3n) is 4.42. The van der Waals surface area contributed by atoms with Crippen molar-refractivity contribution < 1.29 is 23.1 Å². The molecule has 2 heterocycles. The van der Waals surface area contributed by atoms with Crippen LogP contribution in [0.2, 0.25) is 0 Å². The molecule has 126 valence electrons. The molecule has 0 bridgehead atoms. The normalized spacial score (nSPS) is 25.3. The maximum atomic E-state index is 12.2. The Balaban J connectivity index is 1.78. The summed E-state index contributed by atoms with van der Waals surface area (Å²) in [7, 11) is -3.15. The minimum atomic E-state index is -3.15. The quantitative estimate of drug-likeness (QED) is 0.765.